The molecule has 19 heavy (non-hydrogen) atoms. The molecule has 5 nitrogen and oxygen atoms in total. The van der Waals surface area contributed by atoms with E-state index in [9.17, 15) is 9.35 Å². The minimum absolute atomic E-state index is 0.221. The van der Waals surface area contributed by atoms with E-state index in [-0.39, 0.29) is 5.78 Å². The van der Waals surface area contributed by atoms with E-state index in [1.54, 1.807) is 12.1 Å². The van der Waals surface area contributed by atoms with Gasteiger partial charge in [-0.25, -0.2) is 4.98 Å². The molecule has 2 aromatic rings. The fourth-order valence-electron chi connectivity index (χ4n) is 2.00. The largest absolute Gasteiger partial charge is 0.610 e. The number of nitrogens with zero attached hydrogens (tertiary/aromatic N) is 2. The number of carbonyl (C=O) groups is 1. The van der Waals surface area contributed by atoms with Crippen LogP contribution in [0.3, 0.4) is 0 Å². The van der Waals surface area contributed by atoms with Crippen LogP contribution in [0.1, 0.15) is 40.4 Å². The highest BCUT2D eigenvalue weighted by atomic mass is 32.2. The average molecular weight is 276 g/mol. The van der Waals surface area contributed by atoms with Gasteiger partial charge in [-0.3, -0.25) is 4.79 Å². The molecule has 2 aromatic heterocycles. The van der Waals surface area contributed by atoms with Gasteiger partial charge in [-0.2, -0.15) is 0 Å². The number of carbonyl (C=O) groups excluding carboxylic acids is 1. The lowest BCUT2D eigenvalue weighted by Gasteiger charge is -2.07. The Morgan fingerprint density at radius 1 is 1.47 bits per heavy atom. The van der Waals surface area contributed by atoms with Crippen LogP contribution in [-0.2, 0) is 11.2 Å². The molecule has 1 unspecified atom stereocenters. The van der Waals surface area contributed by atoms with Crippen molar-refractivity contribution in [3.05, 3.63) is 41.4 Å². The van der Waals surface area contributed by atoms with Gasteiger partial charge in [-0.1, -0.05) is 5.16 Å². The van der Waals surface area contributed by atoms with Gasteiger partial charge in [0.1, 0.15) is 6.26 Å². The lowest BCUT2D eigenvalue weighted by atomic mass is 10.0. The standard InChI is InChI=1S/C13H12N2O3S/c1-19(17)13-9(3-2-6-14-13)11(16)10-7-15-18-12(10)8-4-5-8/h2-3,6-8H,4-5H2,1H3. The minimum atomic E-state index is -1.31. The molecule has 1 atom stereocenters. The highest BCUT2D eigenvalue weighted by Gasteiger charge is 2.34. The second-order valence-electron chi connectivity index (χ2n) is 4.52. The van der Waals surface area contributed by atoms with Gasteiger partial charge >= 0.3 is 0 Å². The Balaban J connectivity index is 2.02. The van der Waals surface area contributed by atoms with Crippen LogP contribution < -0.4 is 0 Å². The van der Waals surface area contributed by atoms with Gasteiger partial charge in [-0.05, 0) is 25.0 Å². The third-order valence-electron chi connectivity index (χ3n) is 3.08. The highest BCUT2D eigenvalue weighted by molar-refractivity contribution is 7.90. The van der Waals surface area contributed by atoms with E-state index < -0.39 is 11.2 Å². The number of pyridine rings is 1. The molecule has 0 amide bonds. The second-order valence-corrected chi connectivity index (χ2v) is 5.81. The number of aromatic nitrogens is 2. The maximum Gasteiger partial charge on any atom is 0.255 e. The van der Waals surface area contributed by atoms with E-state index >= 15 is 0 Å². The Labute approximate surface area is 113 Å². The molecular weight excluding hydrogens is 264 g/mol. The molecule has 2 heterocycles. The van der Waals surface area contributed by atoms with Crippen LogP contribution >= 0.6 is 0 Å². The van der Waals surface area contributed by atoms with Gasteiger partial charge in [0.2, 0.25) is 5.78 Å². The summed E-state index contributed by atoms with van der Waals surface area (Å²) in [5, 5.41) is 4.01. The number of hydrogen-bond donors (Lipinski definition) is 0. The van der Waals surface area contributed by atoms with Crippen molar-refractivity contribution in [1.29, 1.82) is 0 Å². The van der Waals surface area contributed by atoms with Crippen LogP contribution in [0.4, 0.5) is 0 Å². The summed E-state index contributed by atoms with van der Waals surface area (Å²) in [5.74, 6) is 0.719. The second kappa shape index (κ2) is 4.79. The molecule has 0 saturated heterocycles. The summed E-state index contributed by atoms with van der Waals surface area (Å²) in [6, 6.07) is 3.30. The Morgan fingerprint density at radius 3 is 2.95 bits per heavy atom. The summed E-state index contributed by atoms with van der Waals surface area (Å²) in [5.41, 5.74) is 0.815. The predicted octanol–water partition coefficient (Wildman–Crippen LogP) is 1.92. The van der Waals surface area contributed by atoms with Gasteiger partial charge in [0.05, 0.1) is 17.3 Å². The van der Waals surface area contributed by atoms with Crippen LogP contribution in [0.5, 0.6) is 0 Å². The van der Waals surface area contributed by atoms with Crippen LogP contribution in [0, 0.1) is 0 Å². The molecular formula is C13H12N2O3S. The maximum atomic E-state index is 12.5. The first-order valence-electron chi connectivity index (χ1n) is 5.96. The average Bonchev–Trinajstić information content (AvgIpc) is 3.15. The fraction of sp³-hybridized carbons (Fsp3) is 0.308. The molecule has 0 radical (unpaired) electrons. The molecule has 98 valence electrons. The van der Waals surface area contributed by atoms with E-state index in [4.69, 9.17) is 4.52 Å². The Bertz CT molecular complexity index is 620. The van der Waals surface area contributed by atoms with Gasteiger partial charge in [0, 0.05) is 23.3 Å². The van der Waals surface area contributed by atoms with Crippen LogP contribution in [0.25, 0.3) is 0 Å². The SMILES string of the molecule is C[S+]([O-])c1ncccc1C(=O)c1cnoc1C1CC1. The first-order chi connectivity index (χ1) is 9.18. The van der Waals surface area contributed by atoms with Crippen molar-refractivity contribution in [2.24, 2.45) is 0 Å². The molecule has 0 N–H and O–H groups in total. The monoisotopic (exact) mass is 276 g/mol. The van der Waals surface area contributed by atoms with Crippen LogP contribution in [-0.4, -0.2) is 26.7 Å². The molecule has 3 rings (SSSR count). The smallest absolute Gasteiger partial charge is 0.255 e. The number of hydrogen-bond acceptors (Lipinski definition) is 5. The maximum absolute atomic E-state index is 12.5. The Kier molecular flexibility index (Phi) is 3.12. The summed E-state index contributed by atoms with van der Waals surface area (Å²) in [6.07, 6.45) is 6.52. The normalized spacial score (nSPS) is 16.3. The predicted molar refractivity (Wildman–Crippen MR) is 68.5 cm³/mol. The van der Waals surface area contributed by atoms with Gasteiger partial charge < -0.3 is 9.08 Å². The Hall–Kier alpha value is -1.66. The summed E-state index contributed by atoms with van der Waals surface area (Å²) in [4.78, 5) is 16.5. The van der Waals surface area contributed by atoms with Crippen molar-refractivity contribution in [2.45, 2.75) is 23.8 Å². The number of rotatable bonds is 4. The molecule has 0 aliphatic heterocycles. The zero-order valence-electron chi connectivity index (χ0n) is 10.3. The summed E-state index contributed by atoms with van der Waals surface area (Å²) in [6.45, 7) is 0. The van der Waals surface area contributed by atoms with E-state index in [2.05, 4.69) is 10.1 Å². The molecule has 0 spiro atoms. The van der Waals surface area contributed by atoms with E-state index in [1.807, 2.05) is 0 Å². The van der Waals surface area contributed by atoms with Crippen molar-refractivity contribution in [3.8, 4) is 0 Å². The topological polar surface area (TPSA) is 79.0 Å². The number of ketones is 1. The summed E-state index contributed by atoms with van der Waals surface area (Å²) >= 11 is -1.31. The first-order valence-corrected chi connectivity index (χ1v) is 7.52. The van der Waals surface area contributed by atoms with E-state index in [1.165, 1.54) is 18.6 Å². The molecule has 0 bridgehead atoms. The minimum Gasteiger partial charge on any atom is -0.610 e. The van der Waals surface area contributed by atoms with Crippen molar-refractivity contribution in [1.82, 2.24) is 10.1 Å². The molecule has 0 aromatic carbocycles. The molecule has 1 aliphatic rings. The first kappa shape index (κ1) is 12.4. The van der Waals surface area contributed by atoms with Gasteiger partial charge in [0.15, 0.2) is 5.76 Å². The van der Waals surface area contributed by atoms with Crippen molar-refractivity contribution in [2.75, 3.05) is 6.26 Å². The van der Waals surface area contributed by atoms with Crippen molar-refractivity contribution >= 4 is 17.0 Å². The Morgan fingerprint density at radius 2 is 2.26 bits per heavy atom. The van der Waals surface area contributed by atoms with E-state index in [0.29, 0.717) is 27.8 Å². The van der Waals surface area contributed by atoms with Crippen molar-refractivity contribution in [3.63, 3.8) is 0 Å². The quantitative estimate of drug-likeness (QED) is 0.629. The van der Waals surface area contributed by atoms with Crippen LogP contribution in [0.15, 0.2) is 34.1 Å². The van der Waals surface area contributed by atoms with E-state index in [0.717, 1.165) is 12.8 Å². The zero-order chi connectivity index (χ0) is 13.4. The fourth-order valence-corrected chi connectivity index (χ4v) is 2.68. The third-order valence-corrected chi connectivity index (χ3v) is 3.95. The zero-order valence-corrected chi connectivity index (χ0v) is 11.1. The lowest BCUT2D eigenvalue weighted by Crippen LogP contribution is -2.11. The summed E-state index contributed by atoms with van der Waals surface area (Å²) < 4.78 is 16.8. The third kappa shape index (κ3) is 2.29. The van der Waals surface area contributed by atoms with Gasteiger partial charge in [0.25, 0.3) is 5.03 Å². The molecule has 1 saturated carbocycles. The molecule has 6 heteroatoms. The molecule has 1 fully saturated rings. The van der Waals surface area contributed by atoms with Crippen molar-refractivity contribution < 1.29 is 13.9 Å². The molecule has 1 aliphatic carbocycles. The van der Waals surface area contributed by atoms with Gasteiger partial charge in [-0.15, -0.1) is 0 Å². The lowest BCUT2D eigenvalue weighted by molar-refractivity contribution is 0.103. The summed E-state index contributed by atoms with van der Waals surface area (Å²) in [7, 11) is 0. The highest BCUT2D eigenvalue weighted by Crippen LogP contribution is 2.42. The van der Waals surface area contributed by atoms with Crippen LogP contribution in [0.2, 0.25) is 0 Å².